The number of rotatable bonds is 5. The van der Waals surface area contributed by atoms with Crippen molar-refractivity contribution >= 4 is 20.0 Å². The standard InChI is InChI=1S/C16H26N2O4S2/c1-13-8-10-14(11-9-13)18(4)24(21,22)16-7-5-6-15(12-16)23(19,20)17(2)3/h5-7,12-14H,8-11H2,1-4H3. The quantitative estimate of drug-likeness (QED) is 0.791. The number of benzene rings is 1. The monoisotopic (exact) mass is 374 g/mol. The van der Waals surface area contributed by atoms with Gasteiger partial charge in [-0.05, 0) is 49.8 Å². The van der Waals surface area contributed by atoms with Crippen LogP contribution in [0, 0.1) is 5.92 Å². The van der Waals surface area contributed by atoms with E-state index in [1.165, 1.54) is 42.7 Å². The molecular formula is C16H26N2O4S2. The van der Waals surface area contributed by atoms with Gasteiger partial charge in [0.15, 0.2) is 0 Å². The first-order valence-corrected chi connectivity index (χ1v) is 11.0. The Morgan fingerprint density at radius 3 is 1.88 bits per heavy atom. The van der Waals surface area contributed by atoms with Crippen molar-refractivity contribution in [2.75, 3.05) is 21.1 Å². The van der Waals surface area contributed by atoms with E-state index in [0.29, 0.717) is 5.92 Å². The third-order valence-corrected chi connectivity index (χ3v) is 8.48. The van der Waals surface area contributed by atoms with Crippen molar-refractivity contribution in [3.63, 3.8) is 0 Å². The molecule has 0 amide bonds. The highest BCUT2D eigenvalue weighted by Gasteiger charge is 2.31. The van der Waals surface area contributed by atoms with E-state index < -0.39 is 20.0 Å². The SMILES string of the molecule is CC1CCC(N(C)S(=O)(=O)c2cccc(S(=O)(=O)N(C)C)c2)CC1. The molecule has 1 aliphatic rings. The van der Waals surface area contributed by atoms with Crippen LogP contribution in [0.3, 0.4) is 0 Å². The Morgan fingerprint density at radius 2 is 1.38 bits per heavy atom. The van der Waals surface area contributed by atoms with E-state index in [1.807, 2.05) is 0 Å². The van der Waals surface area contributed by atoms with E-state index in [2.05, 4.69) is 6.92 Å². The average Bonchev–Trinajstić information content (AvgIpc) is 2.54. The molecule has 1 aliphatic carbocycles. The molecule has 24 heavy (non-hydrogen) atoms. The van der Waals surface area contributed by atoms with E-state index in [9.17, 15) is 16.8 Å². The van der Waals surface area contributed by atoms with Crippen LogP contribution in [0.15, 0.2) is 34.1 Å². The highest BCUT2D eigenvalue weighted by atomic mass is 32.2. The van der Waals surface area contributed by atoms with Crippen molar-refractivity contribution in [1.82, 2.24) is 8.61 Å². The van der Waals surface area contributed by atoms with Crippen LogP contribution in [-0.2, 0) is 20.0 Å². The minimum absolute atomic E-state index is 0.0146. The largest absolute Gasteiger partial charge is 0.243 e. The molecule has 1 saturated carbocycles. The summed E-state index contributed by atoms with van der Waals surface area (Å²) in [6, 6.07) is 5.55. The van der Waals surface area contributed by atoms with Crippen molar-refractivity contribution in [2.45, 2.75) is 48.4 Å². The van der Waals surface area contributed by atoms with Gasteiger partial charge in [0.1, 0.15) is 0 Å². The van der Waals surface area contributed by atoms with Crippen molar-refractivity contribution in [1.29, 1.82) is 0 Å². The van der Waals surface area contributed by atoms with Crippen LogP contribution >= 0.6 is 0 Å². The Kier molecular flexibility index (Phi) is 5.74. The molecule has 1 aromatic carbocycles. The summed E-state index contributed by atoms with van der Waals surface area (Å²) in [6.07, 6.45) is 3.71. The summed E-state index contributed by atoms with van der Waals surface area (Å²) in [5.74, 6) is 0.630. The van der Waals surface area contributed by atoms with Crippen LogP contribution in [0.2, 0.25) is 0 Å². The zero-order valence-corrected chi connectivity index (χ0v) is 16.3. The van der Waals surface area contributed by atoms with Crippen molar-refractivity contribution in [3.8, 4) is 0 Å². The zero-order valence-electron chi connectivity index (χ0n) is 14.6. The van der Waals surface area contributed by atoms with Gasteiger partial charge in [0, 0.05) is 27.2 Å². The summed E-state index contributed by atoms with van der Waals surface area (Å²) in [5, 5.41) is 0. The predicted molar refractivity (Wildman–Crippen MR) is 93.7 cm³/mol. The molecule has 0 aromatic heterocycles. The maximum atomic E-state index is 12.9. The van der Waals surface area contributed by atoms with Gasteiger partial charge in [0.2, 0.25) is 20.0 Å². The summed E-state index contributed by atoms with van der Waals surface area (Å²) in [6.45, 7) is 2.18. The molecule has 0 unspecified atom stereocenters. The Hall–Kier alpha value is -0.960. The van der Waals surface area contributed by atoms with Crippen LogP contribution in [0.5, 0.6) is 0 Å². The predicted octanol–water partition coefficient (Wildman–Crippen LogP) is 2.14. The van der Waals surface area contributed by atoms with Gasteiger partial charge in [-0.15, -0.1) is 0 Å². The molecule has 0 atom stereocenters. The molecule has 0 saturated heterocycles. The lowest BCUT2D eigenvalue weighted by Crippen LogP contribution is -2.39. The van der Waals surface area contributed by atoms with Gasteiger partial charge >= 0.3 is 0 Å². The topological polar surface area (TPSA) is 74.8 Å². The lowest BCUT2D eigenvalue weighted by Gasteiger charge is -2.32. The minimum atomic E-state index is -3.71. The second-order valence-corrected chi connectivity index (χ2v) is 10.8. The first-order valence-electron chi connectivity index (χ1n) is 8.07. The summed E-state index contributed by atoms with van der Waals surface area (Å²) in [5.41, 5.74) is 0. The van der Waals surface area contributed by atoms with E-state index in [-0.39, 0.29) is 15.8 Å². The number of hydrogen-bond acceptors (Lipinski definition) is 4. The number of hydrogen-bond donors (Lipinski definition) is 0. The molecule has 2 rings (SSSR count). The summed E-state index contributed by atoms with van der Waals surface area (Å²) in [4.78, 5) is 0.00536. The first kappa shape index (κ1) is 19.4. The summed E-state index contributed by atoms with van der Waals surface area (Å²) < 4.78 is 52.7. The highest BCUT2D eigenvalue weighted by Crippen LogP contribution is 2.30. The molecule has 6 nitrogen and oxygen atoms in total. The Balaban J connectivity index is 2.33. The van der Waals surface area contributed by atoms with Gasteiger partial charge in [0.05, 0.1) is 9.79 Å². The smallest absolute Gasteiger partial charge is 0.207 e. The van der Waals surface area contributed by atoms with Gasteiger partial charge in [0.25, 0.3) is 0 Å². The highest BCUT2D eigenvalue weighted by molar-refractivity contribution is 7.90. The van der Waals surface area contributed by atoms with E-state index in [4.69, 9.17) is 0 Å². The Morgan fingerprint density at radius 1 is 0.875 bits per heavy atom. The molecule has 0 heterocycles. The van der Waals surface area contributed by atoms with Gasteiger partial charge in [-0.1, -0.05) is 13.0 Å². The molecule has 0 spiro atoms. The van der Waals surface area contributed by atoms with Gasteiger partial charge in [-0.25, -0.2) is 21.1 Å². The minimum Gasteiger partial charge on any atom is -0.207 e. The van der Waals surface area contributed by atoms with Crippen LogP contribution in [0.1, 0.15) is 32.6 Å². The van der Waals surface area contributed by atoms with Gasteiger partial charge in [-0.3, -0.25) is 0 Å². The maximum absolute atomic E-state index is 12.9. The second kappa shape index (κ2) is 7.11. The number of sulfonamides is 2. The van der Waals surface area contributed by atoms with Crippen LogP contribution in [0.4, 0.5) is 0 Å². The molecule has 1 aromatic rings. The molecule has 0 radical (unpaired) electrons. The van der Waals surface area contributed by atoms with E-state index in [1.54, 1.807) is 7.05 Å². The summed E-state index contributed by atoms with van der Waals surface area (Å²) in [7, 11) is -2.95. The van der Waals surface area contributed by atoms with Crippen molar-refractivity contribution < 1.29 is 16.8 Å². The molecule has 0 aliphatic heterocycles. The fourth-order valence-corrected chi connectivity index (χ4v) is 5.46. The zero-order chi connectivity index (χ0) is 18.1. The fraction of sp³-hybridized carbons (Fsp3) is 0.625. The van der Waals surface area contributed by atoms with Crippen LogP contribution < -0.4 is 0 Å². The Labute approximate surface area is 145 Å². The van der Waals surface area contributed by atoms with E-state index >= 15 is 0 Å². The van der Waals surface area contributed by atoms with Gasteiger partial charge in [-0.2, -0.15) is 4.31 Å². The van der Waals surface area contributed by atoms with Crippen molar-refractivity contribution in [3.05, 3.63) is 24.3 Å². The molecule has 1 fully saturated rings. The third-order valence-electron chi connectivity index (χ3n) is 4.76. The second-order valence-electron chi connectivity index (χ2n) is 6.70. The molecule has 0 N–H and O–H groups in total. The van der Waals surface area contributed by atoms with Crippen LogP contribution in [0.25, 0.3) is 0 Å². The Bertz CT molecular complexity index is 780. The van der Waals surface area contributed by atoms with Gasteiger partial charge < -0.3 is 0 Å². The molecule has 0 bridgehead atoms. The fourth-order valence-electron chi connectivity index (χ4n) is 2.97. The maximum Gasteiger partial charge on any atom is 0.243 e. The molecular weight excluding hydrogens is 348 g/mol. The average molecular weight is 375 g/mol. The first-order chi connectivity index (χ1) is 11.1. The lowest BCUT2D eigenvalue weighted by atomic mass is 9.87. The summed E-state index contributed by atoms with van der Waals surface area (Å²) >= 11 is 0. The number of nitrogens with zero attached hydrogens (tertiary/aromatic N) is 2. The van der Waals surface area contributed by atoms with Crippen molar-refractivity contribution in [2.24, 2.45) is 5.92 Å². The van der Waals surface area contributed by atoms with E-state index in [0.717, 1.165) is 30.0 Å². The van der Waals surface area contributed by atoms with Crippen LogP contribution in [-0.4, -0.2) is 52.6 Å². The third kappa shape index (κ3) is 3.82. The lowest BCUT2D eigenvalue weighted by molar-refractivity contribution is 0.246. The molecule has 8 heteroatoms. The normalized spacial score (nSPS) is 22.9. The molecule has 136 valence electrons.